The molecule has 0 heterocycles. The number of rotatable bonds is 60. The van der Waals surface area contributed by atoms with Gasteiger partial charge < -0.3 is 14.2 Å². The minimum atomic E-state index is -0.453. The maximum atomic E-state index is 12.8. The molecule has 0 aromatic carbocycles. The van der Waals surface area contributed by atoms with Gasteiger partial charge in [0.1, 0.15) is 0 Å². The van der Waals surface area contributed by atoms with Crippen LogP contribution in [-0.2, 0) is 38.2 Å². The van der Waals surface area contributed by atoms with Crippen LogP contribution in [0.25, 0.3) is 0 Å². The first-order valence-corrected chi connectivity index (χ1v) is 34.7. The van der Waals surface area contributed by atoms with E-state index in [1.165, 1.54) is 238 Å². The number of unbranched alkanes of at least 4 members (excludes halogenated alkanes) is 43. The third-order valence-electron chi connectivity index (χ3n) is 15.8. The predicted octanol–water partition coefficient (Wildman–Crippen LogP) is 22.9. The van der Waals surface area contributed by atoms with Crippen molar-refractivity contribution in [2.75, 3.05) is 6.61 Å². The summed E-state index contributed by atoms with van der Waals surface area (Å²) in [6, 6.07) is 0. The van der Waals surface area contributed by atoms with Crippen LogP contribution in [0.1, 0.15) is 401 Å². The van der Waals surface area contributed by atoms with Crippen molar-refractivity contribution in [2.45, 2.75) is 401 Å². The number of carbonyl (C=O) groups excluding carboxylic acids is 5. The summed E-state index contributed by atoms with van der Waals surface area (Å²) in [5, 5.41) is 0. The van der Waals surface area contributed by atoms with Crippen LogP contribution in [0.5, 0.6) is 0 Å². The van der Waals surface area contributed by atoms with Crippen LogP contribution >= 0.6 is 0 Å². The lowest BCUT2D eigenvalue weighted by Crippen LogP contribution is -2.21. The zero-order valence-electron chi connectivity index (χ0n) is 53.2. The minimum Gasteiger partial charge on any atom is -0.466 e. The summed E-state index contributed by atoms with van der Waals surface area (Å²) in [5.74, 6) is -1.09. The molecule has 78 heavy (non-hydrogen) atoms. The largest absolute Gasteiger partial charge is 0.466 e. The predicted molar refractivity (Wildman–Crippen MR) is 333 cm³/mol. The average Bonchev–Trinajstić information content (AvgIpc) is 3.41. The minimum absolute atomic E-state index is 0.0166. The van der Waals surface area contributed by atoms with Gasteiger partial charge in [-0.2, -0.15) is 0 Å². The Morgan fingerprint density at radius 2 is 0.500 bits per heavy atom. The lowest BCUT2D eigenvalue weighted by molar-refractivity contribution is -0.164. The fourth-order valence-electron chi connectivity index (χ4n) is 10.4. The molecule has 8 nitrogen and oxygen atoms in total. The van der Waals surface area contributed by atoms with Gasteiger partial charge in [0.05, 0.1) is 12.5 Å². The number of carbonyl (C=O) groups is 5. The summed E-state index contributed by atoms with van der Waals surface area (Å²) in [4.78, 5) is 61.0. The van der Waals surface area contributed by atoms with Crippen LogP contribution in [0.4, 0.5) is 0 Å². The first-order valence-electron chi connectivity index (χ1n) is 34.7. The van der Waals surface area contributed by atoms with Crippen molar-refractivity contribution in [2.24, 2.45) is 11.8 Å². The second-order valence-corrected chi connectivity index (χ2v) is 24.2. The summed E-state index contributed by atoms with van der Waals surface area (Å²) in [6.07, 6.45) is 64.3. The van der Waals surface area contributed by atoms with Crippen molar-refractivity contribution in [1.29, 1.82) is 0 Å². The third-order valence-corrected chi connectivity index (χ3v) is 15.8. The normalized spacial score (nSPS) is 11.6. The molecule has 0 bridgehead atoms. The van der Waals surface area contributed by atoms with Gasteiger partial charge in [0.15, 0.2) is 0 Å². The molecule has 0 radical (unpaired) electrons. The molecule has 0 spiro atoms. The molecule has 462 valence electrons. The van der Waals surface area contributed by atoms with Gasteiger partial charge in [-0.15, -0.1) is 0 Å². The van der Waals surface area contributed by atoms with Gasteiger partial charge in [-0.05, 0) is 50.9 Å². The van der Waals surface area contributed by atoms with Gasteiger partial charge >= 0.3 is 29.8 Å². The van der Waals surface area contributed by atoms with Crippen molar-refractivity contribution in [1.82, 2.24) is 0 Å². The second-order valence-electron chi connectivity index (χ2n) is 24.2. The van der Waals surface area contributed by atoms with Crippen LogP contribution in [0.3, 0.4) is 0 Å². The van der Waals surface area contributed by atoms with Crippen molar-refractivity contribution >= 4 is 29.8 Å². The Bertz CT molecular complexity index is 1280. The van der Waals surface area contributed by atoms with E-state index in [-0.39, 0.29) is 18.3 Å². The summed E-state index contributed by atoms with van der Waals surface area (Å²) >= 11 is 0. The number of ether oxygens (including phenoxy) is 3. The summed E-state index contributed by atoms with van der Waals surface area (Å²) < 4.78 is 15.6. The van der Waals surface area contributed by atoms with E-state index in [2.05, 4.69) is 41.5 Å². The maximum absolute atomic E-state index is 12.8. The Morgan fingerprint density at radius 1 is 0.256 bits per heavy atom. The van der Waals surface area contributed by atoms with E-state index in [1.807, 2.05) is 0 Å². The van der Waals surface area contributed by atoms with E-state index in [1.54, 1.807) is 0 Å². The summed E-state index contributed by atoms with van der Waals surface area (Å²) in [6.45, 7) is 14.1. The molecule has 0 aliphatic heterocycles. The smallest absolute Gasteiger partial charge is 0.316 e. The van der Waals surface area contributed by atoms with Crippen molar-refractivity contribution < 1.29 is 38.2 Å². The lowest BCUT2D eigenvalue weighted by Gasteiger charge is -2.15. The molecule has 0 saturated heterocycles. The van der Waals surface area contributed by atoms with Gasteiger partial charge in [0, 0.05) is 25.7 Å². The Morgan fingerprint density at radius 3 is 0.833 bits per heavy atom. The molecule has 0 aromatic heterocycles. The Labute approximate surface area is 485 Å². The summed E-state index contributed by atoms with van der Waals surface area (Å²) in [5.41, 5.74) is 0. The molecule has 0 saturated carbocycles. The zero-order chi connectivity index (χ0) is 57.5. The quantitative estimate of drug-likeness (QED) is 0.0256. The molecule has 0 aliphatic rings. The fourth-order valence-corrected chi connectivity index (χ4v) is 10.4. The molecule has 0 amide bonds. The van der Waals surface area contributed by atoms with E-state index in [9.17, 15) is 24.0 Å². The standard InChI is InChI=1S/C44H82O6.C26H52O2/c1-4-7-10-12-14-16-18-20-22-24-26-28-32-37-41(45)49-42(46)38-34-30-31-36-40(35-9-6-3)44(48)50-43(47)39-33-29-27-25-23-21-19-17-15-13-11-8-5-2;1-4-5-6-7-8-9-10-11-12-13-14-17-20-23-26(27)28-24-21-18-15-16-19-22-25(2)3/h40H,4-39H2,1-3H3;25H,4-24H2,1-3H3. The first kappa shape index (κ1) is 77.8. The van der Waals surface area contributed by atoms with Crippen LogP contribution < -0.4 is 0 Å². The van der Waals surface area contributed by atoms with Crippen molar-refractivity contribution in [3.8, 4) is 0 Å². The SMILES string of the molecule is CCCCCCCCCCCCCCCC(=O)OC(=O)CCCCCC(CCCC)C(=O)OC(=O)CCCCCCCCCCCCCCC.CCCCCCCCCCCCCCCC(=O)OCCCCCCCC(C)C. The highest BCUT2D eigenvalue weighted by atomic mass is 16.6. The Hall–Kier alpha value is -2.25. The van der Waals surface area contributed by atoms with Crippen LogP contribution in [0.2, 0.25) is 0 Å². The Kier molecular flexibility index (Phi) is 65.4. The lowest BCUT2D eigenvalue weighted by atomic mass is 9.95. The van der Waals surface area contributed by atoms with Crippen LogP contribution in [0, 0.1) is 11.8 Å². The molecule has 0 aliphatic carbocycles. The van der Waals surface area contributed by atoms with Crippen LogP contribution in [0.15, 0.2) is 0 Å². The molecule has 0 aromatic rings. The molecule has 1 unspecified atom stereocenters. The van der Waals surface area contributed by atoms with E-state index >= 15 is 0 Å². The van der Waals surface area contributed by atoms with Gasteiger partial charge in [-0.25, -0.2) is 0 Å². The number of esters is 5. The second kappa shape index (κ2) is 65.6. The monoisotopic (exact) mass is 1100 g/mol. The molecule has 0 fully saturated rings. The zero-order valence-corrected chi connectivity index (χ0v) is 53.2. The molecule has 0 rings (SSSR count). The summed E-state index contributed by atoms with van der Waals surface area (Å²) in [7, 11) is 0. The van der Waals surface area contributed by atoms with E-state index in [0.29, 0.717) is 38.7 Å². The highest BCUT2D eigenvalue weighted by Gasteiger charge is 2.22. The van der Waals surface area contributed by atoms with Crippen molar-refractivity contribution in [3.63, 3.8) is 0 Å². The Balaban J connectivity index is 0. The molecular weight excluding hydrogens is 969 g/mol. The van der Waals surface area contributed by atoms with Gasteiger partial charge in [0.2, 0.25) is 0 Å². The van der Waals surface area contributed by atoms with E-state index in [4.69, 9.17) is 14.2 Å². The van der Waals surface area contributed by atoms with Gasteiger partial charge in [-0.3, -0.25) is 24.0 Å². The van der Waals surface area contributed by atoms with E-state index < -0.39 is 23.9 Å². The topological polar surface area (TPSA) is 113 Å². The molecule has 8 heteroatoms. The molecule has 0 N–H and O–H groups in total. The fraction of sp³-hybridized carbons (Fsp3) is 0.929. The van der Waals surface area contributed by atoms with Gasteiger partial charge in [0.25, 0.3) is 0 Å². The highest BCUT2D eigenvalue weighted by Crippen LogP contribution is 2.21. The van der Waals surface area contributed by atoms with E-state index in [0.717, 1.165) is 89.4 Å². The first-order chi connectivity index (χ1) is 38.1. The highest BCUT2D eigenvalue weighted by molar-refractivity contribution is 5.86. The molecule has 1 atom stereocenters. The van der Waals surface area contributed by atoms with Crippen LogP contribution in [-0.4, -0.2) is 36.5 Å². The van der Waals surface area contributed by atoms with Gasteiger partial charge in [-0.1, -0.05) is 330 Å². The number of hydrogen-bond donors (Lipinski definition) is 0. The maximum Gasteiger partial charge on any atom is 0.316 e. The number of hydrogen-bond acceptors (Lipinski definition) is 8. The molecular formula is C70H134O8. The average molecular weight is 1100 g/mol. The third kappa shape index (κ3) is 64.6. The van der Waals surface area contributed by atoms with Crippen molar-refractivity contribution in [3.05, 3.63) is 0 Å².